The van der Waals surface area contributed by atoms with Crippen molar-refractivity contribution >= 4 is 18.1 Å². The summed E-state index contributed by atoms with van der Waals surface area (Å²) in [6, 6.07) is 9.29. The highest BCUT2D eigenvalue weighted by Gasteiger charge is 2.14. The van der Waals surface area contributed by atoms with E-state index < -0.39 is 0 Å². The van der Waals surface area contributed by atoms with Crippen molar-refractivity contribution in [1.29, 1.82) is 0 Å². The van der Waals surface area contributed by atoms with E-state index in [1.54, 1.807) is 25.3 Å². The zero-order valence-electron chi connectivity index (χ0n) is 17.7. The van der Waals surface area contributed by atoms with Crippen LogP contribution in [0.25, 0.3) is 5.69 Å². The summed E-state index contributed by atoms with van der Waals surface area (Å²) >= 11 is 0. The number of nitrogens with zero attached hydrogens (tertiary/aromatic N) is 3. The van der Waals surface area contributed by atoms with Crippen LogP contribution >= 0.6 is 0 Å². The highest BCUT2D eigenvalue weighted by molar-refractivity contribution is 5.89. The number of amides is 1. The van der Waals surface area contributed by atoms with E-state index in [9.17, 15) is 9.59 Å². The SMILES string of the molecule is CCOC(=O)c1ccc(-n2c(C)cc(/C=N/NC(=O)CN3CCOCC3)c2C)cc1. The molecule has 3 rings (SSSR count). The normalized spacial score (nSPS) is 14.8. The lowest BCUT2D eigenvalue weighted by Gasteiger charge is -2.25. The molecule has 0 saturated carbocycles. The summed E-state index contributed by atoms with van der Waals surface area (Å²) in [6.07, 6.45) is 1.66. The van der Waals surface area contributed by atoms with Gasteiger partial charge in [-0.2, -0.15) is 5.10 Å². The van der Waals surface area contributed by atoms with Gasteiger partial charge in [-0.25, -0.2) is 10.2 Å². The molecule has 1 aromatic carbocycles. The van der Waals surface area contributed by atoms with Crippen molar-refractivity contribution in [3.8, 4) is 5.69 Å². The zero-order valence-corrected chi connectivity index (χ0v) is 17.7. The molecule has 0 atom stereocenters. The lowest BCUT2D eigenvalue weighted by Crippen LogP contribution is -2.42. The number of morpholine rings is 1. The van der Waals surface area contributed by atoms with E-state index >= 15 is 0 Å². The van der Waals surface area contributed by atoms with Crippen molar-refractivity contribution in [1.82, 2.24) is 14.9 Å². The number of aromatic nitrogens is 1. The molecule has 1 N–H and O–H groups in total. The van der Waals surface area contributed by atoms with Crippen LogP contribution in [0.15, 0.2) is 35.4 Å². The maximum absolute atomic E-state index is 12.1. The number of nitrogens with one attached hydrogen (secondary N) is 1. The first kappa shape index (κ1) is 21.7. The molecule has 0 unspecified atom stereocenters. The van der Waals surface area contributed by atoms with Gasteiger partial charge in [0.2, 0.25) is 0 Å². The molecule has 2 aromatic rings. The van der Waals surface area contributed by atoms with Crippen LogP contribution < -0.4 is 5.43 Å². The monoisotopic (exact) mass is 412 g/mol. The van der Waals surface area contributed by atoms with Gasteiger partial charge in [0.05, 0.1) is 38.1 Å². The maximum atomic E-state index is 12.1. The van der Waals surface area contributed by atoms with Gasteiger partial charge in [-0.3, -0.25) is 9.69 Å². The zero-order chi connectivity index (χ0) is 21.5. The molecule has 1 amide bonds. The van der Waals surface area contributed by atoms with Crippen LogP contribution in [-0.4, -0.2) is 67.0 Å². The van der Waals surface area contributed by atoms with Crippen LogP contribution in [-0.2, 0) is 14.3 Å². The molecule has 0 spiro atoms. The Labute approximate surface area is 176 Å². The third kappa shape index (κ3) is 5.34. The summed E-state index contributed by atoms with van der Waals surface area (Å²) in [6.45, 7) is 9.26. The van der Waals surface area contributed by atoms with Gasteiger partial charge in [-0.05, 0) is 51.1 Å². The van der Waals surface area contributed by atoms with Crippen LogP contribution in [0.4, 0.5) is 0 Å². The maximum Gasteiger partial charge on any atom is 0.338 e. The number of carbonyl (C=O) groups is 2. The molecular formula is C22H28N4O4. The molecule has 0 bridgehead atoms. The molecule has 8 heteroatoms. The quantitative estimate of drug-likeness (QED) is 0.427. The molecular weight excluding hydrogens is 384 g/mol. The van der Waals surface area contributed by atoms with Crippen molar-refractivity contribution in [3.05, 3.63) is 52.8 Å². The van der Waals surface area contributed by atoms with Crippen molar-refractivity contribution < 1.29 is 19.1 Å². The lowest BCUT2D eigenvalue weighted by atomic mass is 10.2. The Hall–Kier alpha value is -2.97. The molecule has 1 aliphatic heterocycles. The van der Waals surface area contributed by atoms with Gasteiger partial charge >= 0.3 is 5.97 Å². The lowest BCUT2D eigenvalue weighted by molar-refractivity contribution is -0.123. The van der Waals surface area contributed by atoms with E-state index in [4.69, 9.17) is 9.47 Å². The number of ether oxygens (including phenoxy) is 2. The number of hydrogen-bond acceptors (Lipinski definition) is 6. The van der Waals surface area contributed by atoms with Gasteiger partial charge in [-0.1, -0.05) is 0 Å². The summed E-state index contributed by atoms with van der Waals surface area (Å²) in [5, 5.41) is 4.12. The average molecular weight is 412 g/mol. The Morgan fingerprint density at radius 3 is 2.57 bits per heavy atom. The van der Waals surface area contributed by atoms with Gasteiger partial charge in [0.25, 0.3) is 5.91 Å². The van der Waals surface area contributed by atoms with Crippen LogP contribution in [0.1, 0.15) is 34.2 Å². The Morgan fingerprint density at radius 2 is 1.90 bits per heavy atom. The molecule has 1 aliphatic rings. The van der Waals surface area contributed by atoms with Gasteiger partial charge in [0.15, 0.2) is 0 Å². The predicted octanol–water partition coefficient (Wildman–Crippen LogP) is 2.05. The first-order valence-corrected chi connectivity index (χ1v) is 10.1. The fourth-order valence-electron chi connectivity index (χ4n) is 3.45. The second kappa shape index (κ2) is 10.2. The van der Waals surface area contributed by atoms with E-state index in [2.05, 4.69) is 15.1 Å². The number of carbonyl (C=O) groups excluding carboxylic acids is 2. The number of hydrogen-bond donors (Lipinski definition) is 1. The highest BCUT2D eigenvalue weighted by atomic mass is 16.5. The van der Waals surface area contributed by atoms with Gasteiger partial charge < -0.3 is 14.0 Å². The topological polar surface area (TPSA) is 85.2 Å². The van der Waals surface area contributed by atoms with E-state index in [-0.39, 0.29) is 11.9 Å². The van der Waals surface area contributed by atoms with Crippen LogP contribution in [0.2, 0.25) is 0 Å². The third-order valence-corrected chi connectivity index (χ3v) is 4.97. The van der Waals surface area contributed by atoms with Crippen molar-refractivity contribution in [2.45, 2.75) is 20.8 Å². The van der Waals surface area contributed by atoms with E-state index in [1.807, 2.05) is 36.9 Å². The van der Waals surface area contributed by atoms with Crippen molar-refractivity contribution in [2.75, 3.05) is 39.5 Å². The predicted molar refractivity (Wildman–Crippen MR) is 114 cm³/mol. The second-order valence-corrected chi connectivity index (χ2v) is 7.11. The molecule has 1 aromatic heterocycles. The molecule has 30 heavy (non-hydrogen) atoms. The molecule has 0 aliphatic carbocycles. The Bertz CT molecular complexity index is 912. The molecule has 2 heterocycles. The standard InChI is InChI=1S/C22H28N4O4/c1-4-30-22(28)18-5-7-20(8-6-18)26-16(2)13-19(17(26)3)14-23-24-21(27)15-25-9-11-29-12-10-25/h5-8,13-14H,4,9-12,15H2,1-3H3,(H,24,27)/b23-14+. The summed E-state index contributed by atoms with van der Waals surface area (Å²) in [4.78, 5) is 25.9. The largest absolute Gasteiger partial charge is 0.462 e. The first-order valence-electron chi connectivity index (χ1n) is 10.1. The Balaban J connectivity index is 1.65. The third-order valence-electron chi connectivity index (χ3n) is 4.97. The van der Waals surface area contributed by atoms with Gasteiger partial charge in [0, 0.05) is 35.7 Å². The second-order valence-electron chi connectivity index (χ2n) is 7.11. The van der Waals surface area contributed by atoms with E-state index in [1.165, 1.54) is 0 Å². The molecule has 8 nitrogen and oxygen atoms in total. The number of benzene rings is 1. The Morgan fingerprint density at radius 1 is 1.20 bits per heavy atom. The molecule has 0 radical (unpaired) electrons. The van der Waals surface area contributed by atoms with E-state index in [0.717, 1.165) is 35.7 Å². The smallest absolute Gasteiger partial charge is 0.338 e. The number of aryl methyl sites for hydroxylation is 1. The van der Waals surface area contributed by atoms with E-state index in [0.29, 0.717) is 31.9 Å². The fourth-order valence-corrected chi connectivity index (χ4v) is 3.45. The van der Waals surface area contributed by atoms with Crippen molar-refractivity contribution in [3.63, 3.8) is 0 Å². The highest BCUT2D eigenvalue weighted by Crippen LogP contribution is 2.20. The number of hydrazone groups is 1. The number of rotatable bonds is 7. The van der Waals surface area contributed by atoms with Crippen LogP contribution in [0.5, 0.6) is 0 Å². The minimum atomic E-state index is -0.328. The fraction of sp³-hybridized carbons (Fsp3) is 0.409. The minimum absolute atomic E-state index is 0.142. The van der Waals surface area contributed by atoms with Crippen LogP contribution in [0, 0.1) is 13.8 Å². The molecule has 1 fully saturated rings. The summed E-state index contributed by atoms with van der Waals surface area (Å²) in [5.74, 6) is -0.470. The number of esters is 1. The summed E-state index contributed by atoms with van der Waals surface area (Å²) in [5.41, 5.74) is 6.98. The van der Waals surface area contributed by atoms with Crippen LogP contribution in [0.3, 0.4) is 0 Å². The summed E-state index contributed by atoms with van der Waals surface area (Å²) in [7, 11) is 0. The Kier molecular flexibility index (Phi) is 7.37. The summed E-state index contributed by atoms with van der Waals surface area (Å²) < 4.78 is 12.4. The minimum Gasteiger partial charge on any atom is -0.462 e. The van der Waals surface area contributed by atoms with Gasteiger partial charge in [-0.15, -0.1) is 0 Å². The van der Waals surface area contributed by atoms with Crippen molar-refractivity contribution in [2.24, 2.45) is 5.10 Å². The average Bonchev–Trinajstić information content (AvgIpc) is 3.02. The molecule has 160 valence electrons. The van der Waals surface area contributed by atoms with Gasteiger partial charge in [0.1, 0.15) is 0 Å². The first-order chi connectivity index (χ1) is 14.5. The molecule has 1 saturated heterocycles.